The molecule has 1 saturated heterocycles. The van der Waals surface area contributed by atoms with Gasteiger partial charge in [0.1, 0.15) is 12.0 Å². The van der Waals surface area contributed by atoms with E-state index in [2.05, 4.69) is 10.1 Å². The number of carbonyl (C=O) groups is 3. The van der Waals surface area contributed by atoms with Crippen LogP contribution in [0.5, 0.6) is 0 Å². The van der Waals surface area contributed by atoms with Crippen LogP contribution in [0.3, 0.4) is 0 Å². The normalized spacial score (nSPS) is 22.0. The molecule has 1 aliphatic heterocycles. The van der Waals surface area contributed by atoms with Gasteiger partial charge in [0, 0.05) is 0 Å². The molecule has 0 unspecified atom stereocenters. The van der Waals surface area contributed by atoms with E-state index in [1.54, 1.807) is 0 Å². The second-order valence-corrected chi connectivity index (χ2v) is 5.32. The lowest BCUT2D eigenvalue weighted by Gasteiger charge is -2.41. The quantitative estimate of drug-likeness (QED) is 0.613. The van der Waals surface area contributed by atoms with Gasteiger partial charge < -0.3 is 4.74 Å². The molecule has 21 heavy (non-hydrogen) atoms. The largest absolute Gasteiger partial charge is 0.374 e. The van der Waals surface area contributed by atoms with Gasteiger partial charge >= 0.3 is 6.03 Å². The van der Waals surface area contributed by atoms with Gasteiger partial charge in [0.25, 0.3) is 6.43 Å². The molecule has 4 amide bonds. The molecule has 1 saturated carbocycles. The molecule has 8 heteroatoms. The molecule has 0 bridgehead atoms. The fraction of sp³-hybridized carbons (Fsp3) is 0.769. The number of amides is 4. The molecule has 1 aliphatic carbocycles. The molecule has 118 valence electrons. The zero-order valence-corrected chi connectivity index (χ0v) is 11.6. The Kier molecular flexibility index (Phi) is 4.87. The molecule has 1 spiro atoms. The summed E-state index contributed by atoms with van der Waals surface area (Å²) in [6.45, 7) is -1.05. The molecule has 2 aliphatic rings. The van der Waals surface area contributed by atoms with Crippen LogP contribution in [0.25, 0.3) is 0 Å². The number of ether oxygens (including phenoxy) is 1. The van der Waals surface area contributed by atoms with Crippen molar-refractivity contribution in [1.29, 1.82) is 0 Å². The SMILES string of the molecule is O=C1NC(=O)C2(CCCCC2)C(=O)N1CCOCC(F)F. The van der Waals surface area contributed by atoms with E-state index >= 15 is 0 Å². The third kappa shape index (κ3) is 3.20. The van der Waals surface area contributed by atoms with Crippen LogP contribution < -0.4 is 5.32 Å². The second-order valence-electron chi connectivity index (χ2n) is 5.32. The van der Waals surface area contributed by atoms with Crippen molar-refractivity contribution in [2.75, 3.05) is 19.8 Å². The Morgan fingerprint density at radius 1 is 1.19 bits per heavy atom. The molecular formula is C13H18F2N2O4. The average molecular weight is 304 g/mol. The van der Waals surface area contributed by atoms with E-state index in [1.165, 1.54) is 0 Å². The molecule has 1 heterocycles. The van der Waals surface area contributed by atoms with Crippen molar-refractivity contribution in [1.82, 2.24) is 10.2 Å². The lowest BCUT2D eigenvalue weighted by Crippen LogP contribution is -2.64. The fourth-order valence-corrected chi connectivity index (χ4v) is 2.86. The van der Waals surface area contributed by atoms with Crippen LogP contribution in [0.15, 0.2) is 0 Å². The number of urea groups is 1. The number of barbiturate groups is 1. The topological polar surface area (TPSA) is 75.7 Å². The summed E-state index contributed by atoms with van der Waals surface area (Å²) in [5.41, 5.74) is -1.17. The summed E-state index contributed by atoms with van der Waals surface area (Å²) in [5, 5.41) is 2.19. The van der Waals surface area contributed by atoms with Crippen LogP contribution >= 0.6 is 0 Å². The molecule has 0 aromatic heterocycles. The Bertz CT molecular complexity index is 436. The predicted octanol–water partition coefficient (Wildman–Crippen LogP) is 1.30. The summed E-state index contributed by atoms with van der Waals surface area (Å²) in [4.78, 5) is 37.2. The van der Waals surface area contributed by atoms with Crippen molar-refractivity contribution >= 4 is 17.8 Å². The van der Waals surface area contributed by atoms with E-state index < -0.39 is 36.3 Å². The Morgan fingerprint density at radius 3 is 2.48 bits per heavy atom. The highest BCUT2D eigenvalue weighted by atomic mass is 19.3. The minimum absolute atomic E-state index is 0.133. The molecule has 2 fully saturated rings. The summed E-state index contributed by atoms with van der Waals surface area (Å²) < 4.78 is 28.6. The Labute approximate surface area is 120 Å². The standard InChI is InChI=1S/C13H18F2N2O4/c14-9(15)8-21-7-6-17-11(19)13(4-2-1-3-5-13)10(18)16-12(17)20/h9H,1-8H2,(H,16,18,20). The predicted molar refractivity (Wildman–Crippen MR) is 67.6 cm³/mol. The van der Waals surface area contributed by atoms with Crippen molar-refractivity contribution < 1.29 is 27.9 Å². The summed E-state index contributed by atoms with van der Waals surface area (Å²) in [6, 6.07) is -0.804. The molecule has 0 atom stereocenters. The van der Waals surface area contributed by atoms with E-state index in [9.17, 15) is 23.2 Å². The Morgan fingerprint density at radius 2 is 1.86 bits per heavy atom. The number of rotatable bonds is 5. The zero-order valence-electron chi connectivity index (χ0n) is 11.6. The molecule has 2 rings (SSSR count). The maximum atomic E-state index is 12.5. The fourth-order valence-electron chi connectivity index (χ4n) is 2.86. The second kappa shape index (κ2) is 6.46. The van der Waals surface area contributed by atoms with Gasteiger partial charge in [-0.3, -0.25) is 19.8 Å². The van der Waals surface area contributed by atoms with E-state index in [-0.39, 0.29) is 13.2 Å². The summed E-state index contributed by atoms with van der Waals surface area (Å²) in [5.74, 6) is -1.07. The van der Waals surface area contributed by atoms with Crippen LogP contribution in [-0.4, -0.2) is 48.9 Å². The maximum absolute atomic E-state index is 12.5. The number of alkyl halides is 2. The smallest absolute Gasteiger partial charge is 0.330 e. The van der Waals surface area contributed by atoms with E-state index in [4.69, 9.17) is 0 Å². The molecule has 0 aromatic carbocycles. The van der Waals surface area contributed by atoms with Crippen molar-refractivity contribution in [3.63, 3.8) is 0 Å². The monoisotopic (exact) mass is 304 g/mol. The lowest BCUT2D eigenvalue weighted by atomic mass is 9.71. The number of hydrogen-bond donors (Lipinski definition) is 1. The number of hydrogen-bond acceptors (Lipinski definition) is 4. The number of nitrogens with one attached hydrogen (secondary N) is 1. The third-order valence-corrected chi connectivity index (χ3v) is 3.96. The highest BCUT2D eigenvalue weighted by molar-refractivity contribution is 6.19. The first-order valence-corrected chi connectivity index (χ1v) is 7.00. The summed E-state index contributed by atoms with van der Waals surface area (Å²) in [6.07, 6.45) is 0.695. The van der Waals surface area contributed by atoms with Crippen LogP contribution in [0.2, 0.25) is 0 Å². The molecule has 1 N–H and O–H groups in total. The number of imide groups is 2. The van der Waals surface area contributed by atoms with Crippen LogP contribution in [0.4, 0.5) is 13.6 Å². The van der Waals surface area contributed by atoms with Crippen LogP contribution in [0.1, 0.15) is 32.1 Å². The van der Waals surface area contributed by atoms with Gasteiger partial charge in [-0.25, -0.2) is 13.6 Å². The van der Waals surface area contributed by atoms with Crippen LogP contribution in [0, 0.1) is 5.41 Å². The highest BCUT2D eigenvalue weighted by Crippen LogP contribution is 2.40. The summed E-state index contributed by atoms with van der Waals surface area (Å²) in [7, 11) is 0. The van der Waals surface area contributed by atoms with Crippen LogP contribution in [-0.2, 0) is 14.3 Å². The van der Waals surface area contributed by atoms with E-state index in [0.29, 0.717) is 12.8 Å². The first-order chi connectivity index (χ1) is 9.97. The van der Waals surface area contributed by atoms with Crippen molar-refractivity contribution in [3.05, 3.63) is 0 Å². The van der Waals surface area contributed by atoms with E-state index in [0.717, 1.165) is 24.2 Å². The lowest BCUT2D eigenvalue weighted by molar-refractivity contribution is -0.154. The molecular weight excluding hydrogens is 286 g/mol. The Balaban J connectivity index is 2.01. The van der Waals surface area contributed by atoms with Crippen molar-refractivity contribution in [2.45, 2.75) is 38.5 Å². The van der Waals surface area contributed by atoms with Gasteiger partial charge in [-0.15, -0.1) is 0 Å². The average Bonchev–Trinajstić information content (AvgIpc) is 2.45. The van der Waals surface area contributed by atoms with Gasteiger partial charge in [-0.2, -0.15) is 0 Å². The Hall–Kier alpha value is -1.57. The van der Waals surface area contributed by atoms with Gasteiger partial charge in [-0.05, 0) is 12.8 Å². The molecule has 6 nitrogen and oxygen atoms in total. The number of carbonyl (C=O) groups excluding carboxylic acids is 3. The van der Waals surface area contributed by atoms with Crippen molar-refractivity contribution in [3.8, 4) is 0 Å². The number of nitrogens with zero attached hydrogens (tertiary/aromatic N) is 1. The summed E-state index contributed by atoms with van der Waals surface area (Å²) >= 11 is 0. The minimum atomic E-state index is -2.60. The molecule has 0 aromatic rings. The van der Waals surface area contributed by atoms with Gasteiger partial charge in [-0.1, -0.05) is 19.3 Å². The van der Waals surface area contributed by atoms with Gasteiger partial charge in [0.15, 0.2) is 0 Å². The van der Waals surface area contributed by atoms with Gasteiger partial charge in [0.05, 0.1) is 13.2 Å². The first-order valence-electron chi connectivity index (χ1n) is 7.00. The highest BCUT2D eigenvalue weighted by Gasteiger charge is 2.53. The van der Waals surface area contributed by atoms with E-state index in [1.807, 2.05) is 0 Å². The zero-order chi connectivity index (χ0) is 15.5. The van der Waals surface area contributed by atoms with Gasteiger partial charge in [0.2, 0.25) is 11.8 Å². The maximum Gasteiger partial charge on any atom is 0.330 e. The third-order valence-electron chi connectivity index (χ3n) is 3.96. The number of halogens is 2. The first kappa shape index (κ1) is 15.8. The minimum Gasteiger partial charge on any atom is -0.374 e. The molecule has 0 radical (unpaired) electrons. The van der Waals surface area contributed by atoms with Crippen molar-refractivity contribution in [2.24, 2.45) is 5.41 Å².